The third kappa shape index (κ3) is 2.95. The van der Waals surface area contributed by atoms with E-state index in [1.807, 2.05) is 29.2 Å². The summed E-state index contributed by atoms with van der Waals surface area (Å²) in [6.07, 6.45) is 7.76. The highest BCUT2D eigenvalue weighted by Gasteiger charge is 2.45. The number of aliphatic hydroxyl groups is 1. The summed E-state index contributed by atoms with van der Waals surface area (Å²) in [5.74, 6) is 0.307. The van der Waals surface area contributed by atoms with Crippen molar-refractivity contribution in [2.45, 2.75) is 68.9 Å². The van der Waals surface area contributed by atoms with Gasteiger partial charge in [-0.2, -0.15) is 5.26 Å². The molecule has 25 heavy (non-hydrogen) atoms. The van der Waals surface area contributed by atoms with Crippen molar-refractivity contribution in [2.24, 2.45) is 5.92 Å². The lowest BCUT2D eigenvalue weighted by Crippen LogP contribution is -2.45. The van der Waals surface area contributed by atoms with Crippen LogP contribution in [0, 0.1) is 17.2 Å². The molecule has 1 amide bonds. The SMILES string of the molecule is N#CC1(c2ccc(C(=O)N3CCC[C@@H]3[C@H]3CCCC[C@H]3O)cc2)CC1. The summed E-state index contributed by atoms with van der Waals surface area (Å²) in [7, 11) is 0. The van der Waals surface area contributed by atoms with Gasteiger partial charge in [0.05, 0.1) is 17.6 Å². The van der Waals surface area contributed by atoms with E-state index in [2.05, 4.69) is 6.07 Å². The Bertz CT molecular complexity index is 687. The molecule has 0 aromatic heterocycles. The number of amides is 1. The van der Waals surface area contributed by atoms with E-state index in [4.69, 9.17) is 0 Å². The van der Waals surface area contributed by atoms with Crippen LogP contribution in [-0.4, -0.2) is 34.6 Å². The maximum Gasteiger partial charge on any atom is 0.254 e. The molecule has 4 heteroatoms. The molecule has 3 fully saturated rings. The van der Waals surface area contributed by atoms with Gasteiger partial charge in [0, 0.05) is 24.1 Å². The second kappa shape index (κ2) is 6.46. The summed E-state index contributed by atoms with van der Waals surface area (Å²) in [5, 5.41) is 19.7. The first-order valence-electron chi connectivity index (χ1n) is 9.65. The number of carbonyl (C=O) groups excluding carboxylic acids is 1. The van der Waals surface area contributed by atoms with Crippen molar-refractivity contribution >= 4 is 5.91 Å². The van der Waals surface area contributed by atoms with Crippen molar-refractivity contribution in [3.8, 4) is 6.07 Å². The van der Waals surface area contributed by atoms with Gasteiger partial charge in [0.1, 0.15) is 0 Å². The highest BCUT2D eigenvalue weighted by Crippen LogP contribution is 2.47. The summed E-state index contributed by atoms with van der Waals surface area (Å²) in [6, 6.07) is 10.2. The van der Waals surface area contributed by atoms with Crippen LogP contribution in [0.2, 0.25) is 0 Å². The lowest BCUT2D eigenvalue weighted by Gasteiger charge is -2.37. The molecule has 0 unspecified atom stereocenters. The van der Waals surface area contributed by atoms with E-state index in [1.54, 1.807) is 0 Å². The number of hydrogen-bond donors (Lipinski definition) is 1. The van der Waals surface area contributed by atoms with E-state index in [1.165, 1.54) is 0 Å². The van der Waals surface area contributed by atoms with E-state index in [9.17, 15) is 15.2 Å². The van der Waals surface area contributed by atoms with Gasteiger partial charge in [0.2, 0.25) is 0 Å². The van der Waals surface area contributed by atoms with E-state index < -0.39 is 0 Å². The lowest BCUT2D eigenvalue weighted by molar-refractivity contribution is 0.0211. The molecule has 1 aliphatic heterocycles. The Kier molecular flexibility index (Phi) is 4.29. The van der Waals surface area contributed by atoms with Crippen LogP contribution in [0.1, 0.15) is 67.3 Å². The number of benzene rings is 1. The minimum absolute atomic E-state index is 0.0774. The highest BCUT2D eigenvalue weighted by atomic mass is 16.3. The van der Waals surface area contributed by atoms with Crippen LogP contribution < -0.4 is 0 Å². The second-order valence-corrected chi connectivity index (χ2v) is 8.00. The largest absolute Gasteiger partial charge is 0.393 e. The molecule has 1 aromatic carbocycles. The Morgan fingerprint density at radius 1 is 1.12 bits per heavy atom. The van der Waals surface area contributed by atoms with Gasteiger partial charge in [-0.1, -0.05) is 25.0 Å². The fraction of sp³-hybridized carbons (Fsp3) is 0.619. The van der Waals surface area contributed by atoms with Crippen LogP contribution in [0.15, 0.2) is 24.3 Å². The van der Waals surface area contributed by atoms with Gasteiger partial charge < -0.3 is 10.0 Å². The van der Waals surface area contributed by atoms with E-state index in [-0.39, 0.29) is 29.4 Å². The standard InChI is InChI=1S/C21H26N2O2/c22-14-21(11-12-21)16-9-7-15(8-10-16)20(25)23-13-3-5-18(23)17-4-1-2-6-19(17)24/h7-10,17-19,24H,1-6,11-13H2/t17-,18-,19-/m1/s1. The van der Waals surface area contributed by atoms with Gasteiger partial charge in [-0.15, -0.1) is 0 Å². The van der Waals surface area contributed by atoms with Gasteiger partial charge in [-0.3, -0.25) is 4.79 Å². The Labute approximate surface area is 149 Å². The van der Waals surface area contributed by atoms with Crippen molar-refractivity contribution in [1.82, 2.24) is 4.90 Å². The van der Waals surface area contributed by atoms with Crippen molar-refractivity contribution in [2.75, 3.05) is 6.54 Å². The van der Waals surface area contributed by atoms with E-state index in [0.717, 1.165) is 63.5 Å². The van der Waals surface area contributed by atoms with Crippen molar-refractivity contribution in [3.05, 3.63) is 35.4 Å². The molecule has 1 saturated heterocycles. The first-order valence-corrected chi connectivity index (χ1v) is 9.65. The third-order valence-electron chi connectivity index (χ3n) is 6.48. The fourth-order valence-electron chi connectivity index (χ4n) is 4.77. The smallest absolute Gasteiger partial charge is 0.254 e. The Morgan fingerprint density at radius 2 is 1.84 bits per heavy atom. The zero-order valence-corrected chi connectivity index (χ0v) is 14.7. The molecular formula is C21H26N2O2. The number of nitriles is 1. The highest BCUT2D eigenvalue weighted by molar-refractivity contribution is 5.94. The third-order valence-corrected chi connectivity index (χ3v) is 6.48. The van der Waals surface area contributed by atoms with Gasteiger partial charge in [0.15, 0.2) is 0 Å². The van der Waals surface area contributed by atoms with Gasteiger partial charge in [-0.25, -0.2) is 0 Å². The summed E-state index contributed by atoms with van der Waals surface area (Å²) in [6.45, 7) is 0.788. The molecule has 3 atom stereocenters. The van der Waals surface area contributed by atoms with Crippen molar-refractivity contribution in [3.63, 3.8) is 0 Å². The first-order chi connectivity index (χ1) is 12.1. The molecule has 2 aliphatic carbocycles. The minimum atomic E-state index is -0.302. The van der Waals surface area contributed by atoms with Crippen LogP contribution in [0.4, 0.5) is 0 Å². The molecule has 0 radical (unpaired) electrons. The molecule has 1 heterocycles. The second-order valence-electron chi connectivity index (χ2n) is 8.00. The quantitative estimate of drug-likeness (QED) is 0.919. The molecule has 1 aromatic rings. The van der Waals surface area contributed by atoms with Crippen molar-refractivity contribution < 1.29 is 9.90 Å². The first kappa shape index (κ1) is 16.6. The molecule has 1 N–H and O–H groups in total. The van der Waals surface area contributed by atoms with E-state index in [0.29, 0.717) is 5.56 Å². The van der Waals surface area contributed by atoms with Gasteiger partial charge in [-0.05, 0) is 56.2 Å². The van der Waals surface area contributed by atoms with Gasteiger partial charge >= 0.3 is 0 Å². The fourth-order valence-corrected chi connectivity index (χ4v) is 4.77. The Morgan fingerprint density at radius 3 is 2.48 bits per heavy atom. The van der Waals surface area contributed by atoms with Crippen LogP contribution in [0.25, 0.3) is 0 Å². The lowest BCUT2D eigenvalue weighted by atomic mass is 9.80. The minimum Gasteiger partial charge on any atom is -0.393 e. The monoisotopic (exact) mass is 338 g/mol. The zero-order valence-electron chi connectivity index (χ0n) is 14.7. The Balaban J connectivity index is 1.50. The molecule has 4 nitrogen and oxygen atoms in total. The van der Waals surface area contributed by atoms with Gasteiger partial charge in [0.25, 0.3) is 5.91 Å². The molecule has 3 aliphatic rings. The summed E-state index contributed by atoms with van der Waals surface area (Å²) in [4.78, 5) is 15.0. The molecule has 132 valence electrons. The average molecular weight is 338 g/mol. The summed E-state index contributed by atoms with van der Waals surface area (Å²) < 4.78 is 0. The van der Waals surface area contributed by atoms with Crippen LogP contribution in [0.5, 0.6) is 0 Å². The molecule has 0 spiro atoms. The van der Waals surface area contributed by atoms with Crippen LogP contribution in [-0.2, 0) is 5.41 Å². The number of aliphatic hydroxyl groups excluding tert-OH is 1. The number of carbonyl (C=O) groups is 1. The Hall–Kier alpha value is -1.86. The number of nitrogens with zero attached hydrogens (tertiary/aromatic N) is 2. The topological polar surface area (TPSA) is 64.3 Å². The molecule has 0 bridgehead atoms. The maximum atomic E-state index is 13.0. The number of rotatable bonds is 3. The molecular weight excluding hydrogens is 312 g/mol. The summed E-state index contributed by atoms with van der Waals surface area (Å²) >= 11 is 0. The molecule has 4 rings (SSSR count). The van der Waals surface area contributed by atoms with E-state index >= 15 is 0 Å². The molecule has 2 saturated carbocycles. The number of hydrogen-bond acceptors (Lipinski definition) is 3. The van der Waals surface area contributed by atoms with Crippen molar-refractivity contribution in [1.29, 1.82) is 5.26 Å². The maximum absolute atomic E-state index is 13.0. The zero-order chi connectivity index (χ0) is 17.4. The predicted octanol–water partition coefficient (Wildman–Crippen LogP) is 3.40. The predicted molar refractivity (Wildman–Crippen MR) is 95.0 cm³/mol. The van der Waals surface area contributed by atoms with Crippen LogP contribution >= 0.6 is 0 Å². The summed E-state index contributed by atoms with van der Waals surface area (Å²) in [5.41, 5.74) is 1.44. The number of likely N-dealkylation sites (tertiary alicyclic amines) is 1. The average Bonchev–Trinajstić information content (AvgIpc) is 3.31. The van der Waals surface area contributed by atoms with Crippen LogP contribution in [0.3, 0.4) is 0 Å². The normalized spacial score (nSPS) is 30.7.